The van der Waals surface area contributed by atoms with Gasteiger partial charge in [0.1, 0.15) is 5.75 Å². The minimum absolute atomic E-state index is 0.484. The number of thiophene rings is 1. The maximum absolute atomic E-state index is 6.06. The van der Waals surface area contributed by atoms with Crippen LogP contribution in [0.1, 0.15) is 5.56 Å². The van der Waals surface area contributed by atoms with Crippen LogP contribution in [0.4, 0.5) is 5.82 Å². The summed E-state index contributed by atoms with van der Waals surface area (Å²) in [7, 11) is 1.67. The second-order valence-electron chi connectivity index (χ2n) is 4.68. The van der Waals surface area contributed by atoms with Crippen molar-refractivity contribution in [3.63, 3.8) is 0 Å². The molecule has 1 aromatic carbocycles. The smallest absolute Gasteiger partial charge is 0.153 e. The molecule has 0 fully saturated rings. The van der Waals surface area contributed by atoms with Gasteiger partial charge >= 0.3 is 0 Å². The summed E-state index contributed by atoms with van der Waals surface area (Å²) < 4.78 is 6.46. The van der Waals surface area contributed by atoms with Crippen LogP contribution in [0.15, 0.2) is 33.4 Å². The lowest BCUT2D eigenvalue weighted by Crippen LogP contribution is -1.91. The lowest BCUT2D eigenvalue weighted by atomic mass is 10.0. The van der Waals surface area contributed by atoms with Crippen molar-refractivity contribution in [2.24, 2.45) is 0 Å². The van der Waals surface area contributed by atoms with Crippen LogP contribution >= 0.6 is 27.3 Å². The third-order valence-electron chi connectivity index (χ3n) is 3.35. The lowest BCUT2D eigenvalue weighted by Gasteiger charge is -2.08. The summed E-state index contributed by atoms with van der Waals surface area (Å²) in [6.07, 6.45) is 0. The topological polar surface area (TPSA) is 63.9 Å². The largest absolute Gasteiger partial charge is 0.496 e. The SMILES string of the molecule is COc1cc(-c2c(N)n[nH]c2-c2csc(Br)c2)ccc1C. The number of halogens is 1. The van der Waals surface area contributed by atoms with E-state index in [9.17, 15) is 0 Å². The molecule has 21 heavy (non-hydrogen) atoms. The number of anilines is 1. The first-order chi connectivity index (χ1) is 10.1. The van der Waals surface area contributed by atoms with Crippen LogP contribution in [0, 0.1) is 6.92 Å². The van der Waals surface area contributed by atoms with Crippen molar-refractivity contribution in [2.75, 3.05) is 12.8 Å². The monoisotopic (exact) mass is 363 g/mol. The average Bonchev–Trinajstić information content (AvgIpc) is 3.05. The molecule has 0 aliphatic rings. The molecule has 0 saturated carbocycles. The van der Waals surface area contributed by atoms with E-state index >= 15 is 0 Å². The van der Waals surface area contributed by atoms with Gasteiger partial charge in [0.2, 0.25) is 0 Å². The Morgan fingerprint density at radius 2 is 2.10 bits per heavy atom. The number of hydrogen-bond donors (Lipinski definition) is 2. The van der Waals surface area contributed by atoms with Gasteiger partial charge in [-0.05, 0) is 46.1 Å². The first kappa shape index (κ1) is 14.2. The summed E-state index contributed by atoms with van der Waals surface area (Å²) in [4.78, 5) is 0. The van der Waals surface area contributed by atoms with Crippen LogP contribution in [0.3, 0.4) is 0 Å². The molecule has 0 aliphatic heterocycles. The molecular formula is C15H14BrN3OS. The minimum Gasteiger partial charge on any atom is -0.496 e. The van der Waals surface area contributed by atoms with E-state index in [0.717, 1.165) is 37.5 Å². The molecule has 0 aliphatic carbocycles. The van der Waals surface area contributed by atoms with Crippen LogP contribution in [-0.4, -0.2) is 17.3 Å². The highest BCUT2D eigenvalue weighted by molar-refractivity contribution is 9.11. The summed E-state index contributed by atoms with van der Waals surface area (Å²) in [5.41, 5.74) is 11.0. The fraction of sp³-hybridized carbons (Fsp3) is 0.133. The third-order valence-corrected chi connectivity index (χ3v) is 4.85. The molecule has 0 bridgehead atoms. The predicted molar refractivity (Wildman–Crippen MR) is 90.7 cm³/mol. The molecule has 0 atom stereocenters. The van der Waals surface area contributed by atoms with Crippen molar-refractivity contribution in [1.82, 2.24) is 10.2 Å². The Hall–Kier alpha value is -1.79. The highest BCUT2D eigenvalue weighted by atomic mass is 79.9. The van der Waals surface area contributed by atoms with E-state index in [-0.39, 0.29) is 0 Å². The average molecular weight is 364 g/mol. The zero-order chi connectivity index (χ0) is 15.0. The molecular weight excluding hydrogens is 350 g/mol. The van der Waals surface area contributed by atoms with E-state index in [1.54, 1.807) is 18.4 Å². The maximum atomic E-state index is 6.06. The highest BCUT2D eigenvalue weighted by Crippen LogP contribution is 2.39. The molecule has 0 spiro atoms. The van der Waals surface area contributed by atoms with Crippen LogP contribution in [-0.2, 0) is 0 Å². The molecule has 0 saturated heterocycles. The van der Waals surface area contributed by atoms with Gasteiger partial charge in [-0.1, -0.05) is 12.1 Å². The van der Waals surface area contributed by atoms with Crippen LogP contribution in [0.5, 0.6) is 5.75 Å². The standard InChI is InChI=1S/C15H14BrN3OS/c1-8-3-4-9(5-11(8)20-2)13-14(18-19-15(13)17)10-6-12(16)21-7-10/h3-7H,1-2H3,(H3,17,18,19). The molecule has 4 nitrogen and oxygen atoms in total. The lowest BCUT2D eigenvalue weighted by molar-refractivity contribution is 0.412. The van der Waals surface area contributed by atoms with Gasteiger partial charge in [0.15, 0.2) is 5.82 Å². The summed E-state index contributed by atoms with van der Waals surface area (Å²) in [5, 5.41) is 9.24. The number of nitrogens with two attached hydrogens (primary N) is 1. The molecule has 3 rings (SSSR count). The van der Waals surface area contributed by atoms with Crippen molar-refractivity contribution in [3.8, 4) is 28.1 Å². The van der Waals surface area contributed by atoms with E-state index in [1.165, 1.54) is 0 Å². The Labute approximate surface area is 135 Å². The summed E-state index contributed by atoms with van der Waals surface area (Å²) in [6, 6.07) is 8.09. The Morgan fingerprint density at radius 3 is 2.76 bits per heavy atom. The molecule has 2 aromatic heterocycles. The second kappa shape index (κ2) is 5.54. The van der Waals surface area contributed by atoms with Gasteiger partial charge in [0, 0.05) is 10.9 Å². The highest BCUT2D eigenvalue weighted by Gasteiger charge is 2.16. The maximum Gasteiger partial charge on any atom is 0.153 e. The van der Waals surface area contributed by atoms with E-state index < -0.39 is 0 Å². The number of nitrogens with zero attached hydrogens (tertiary/aromatic N) is 1. The number of aromatic nitrogens is 2. The summed E-state index contributed by atoms with van der Waals surface area (Å²) >= 11 is 5.11. The van der Waals surface area contributed by atoms with Crippen molar-refractivity contribution < 1.29 is 4.74 Å². The number of aryl methyl sites for hydroxylation is 1. The van der Waals surface area contributed by atoms with Crippen LogP contribution in [0.25, 0.3) is 22.4 Å². The van der Waals surface area contributed by atoms with Crippen molar-refractivity contribution in [2.45, 2.75) is 6.92 Å². The fourth-order valence-corrected chi connectivity index (χ4v) is 3.42. The number of ether oxygens (including phenoxy) is 1. The van der Waals surface area contributed by atoms with Crippen molar-refractivity contribution in [3.05, 3.63) is 39.0 Å². The molecule has 108 valence electrons. The van der Waals surface area contributed by atoms with Gasteiger partial charge in [-0.3, -0.25) is 5.10 Å². The molecule has 0 radical (unpaired) electrons. The number of nitrogens with one attached hydrogen (secondary N) is 1. The third kappa shape index (κ3) is 2.56. The van der Waals surface area contributed by atoms with Gasteiger partial charge in [0.05, 0.1) is 22.2 Å². The number of hydrogen-bond acceptors (Lipinski definition) is 4. The van der Waals surface area contributed by atoms with E-state index in [1.807, 2.05) is 31.2 Å². The zero-order valence-electron chi connectivity index (χ0n) is 11.6. The quantitative estimate of drug-likeness (QED) is 0.721. The number of H-pyrrole nitrogens is 1. The zero-order valence-corrected chi connectivity index (χ0v) is 14.0. The first-order valence-electron chi connectivity index (χ1n) is 6.33. The predicted octanol–water partition coefficient (Wildman–Crippen LogP) is 4.47. The van der Waals surface area contributed by atoms with Crippen LogP contribution < -0.4 is 10.5 Å². The summed E-state index contributed by atoms with van der Waals surface area (Å²) in [6.45, 7) is 2.01. The summed E-state index contributed by atoms with van der Waals surface area (Å²) in [5.74, 6) is 1.32. The van der Waals surface area contributed by atoms with Gasteiger partial charge in [-0.25, -0.2) is 0 Å². The Bertz CT molecular complexity index is 794. The number of aromatic amines is 1. The van der Waals surface area contributed by atoms with E-state index in [2.05, 4.69) is 31.5 Å². The van der Waals surface area contributed by atoms with Gasteiger partial charge in [-0.2, -0.15) is 5.10 Å². The Morgan fingerprint density at radius 1 is 1.29 bits per heavy atom. The van der Waals surface area contributed by atoms with E-state index in [4.69, 9.17) is 10.5 Å². The molecule has 0 unspecified atom stereocenters. The Kier molecular flexibility index (Phi) is 3.73. The fourth-order valence-electron chi connectivity index (χ4n) is 2.27. The van der Waals surface area contributed by atoms with Crippen molar-refractivity contribution in [1.29, 1.82) is 0 Å². The molecule has 3 aromatic rings. The van der Waals surface area contributed by atoms with Crippen LogP contribution in [0.2, 0.25) is 0 Å². The van der Waals surface area contributed by atoms with Gasteiger partial charge < -0.3 is 10.5 Å². The van der Waals surface area contributed by atoms with Crippen molar-refractivity contribution >= 4 is 33.1 Å². The molecule has 3 N–H and O–H groups in total. The van der Waals surface area contributed by atoms with Gasteiger partial charge in [-0.15, -0.1) is 11.3 Å². The minimum atomic E-state index is 0.484. The second-order valence-corrected chi connectivity index (χ2v) is 6.97. The Balaban J connectivity index is 2.17. The molecule has 0 amide bonds. The normalized spacial score (nSPS) is 10.8. The first-order valence-corrected chi connectivity index (χ1v) is 8.00. The number of rotatable bonds is 3. The van der Waals surface area contributed by atoms with E-state index in [0.29, 0.717) is 5.82 Å². The number of nitrogen functional groups attached to an aromatic ring is 1. The molecule has 2 heterocycles. The van der Waals surface area contributed by atoms with Gasteiger partial charge in [0.25, 0.3) is 0 Å². The number of methoxy groups -OCH3 is 1. The number of benzene rings is 1. The molecule has 6 heteroatoms.